The number of anilines is 1. The maximum atomic E-state index is 6.08. The lowest BCUT2D eigenvalue weighted by Gasteiger charge is -2.24. The summed E-state index contributed by atoms with van der Waals surface area (Å²) in [5, 5.41) is 6.73. The number of thiocarbonyl (C=S) groups is 1. The van der Waals surface area contributed by atoms with E-state index < -0.39 is 9.96 Å². The fraction of sp³-hybridized carbons (Fsp3) is 0.222. The molecule has 2 aromatic rings. The minimum absolute atomic E-state index is 0.233. The average molecular weight is 465 g/mol. The number of benzene rings is 2. The number of nitrogens with one attached hydrogen (secondary N) is 2. The first-order chi connectivity index (χ1) is 12.7. The van der Waals surface area contributed by atoms with Crippen molar-refractivity contribution in [1.29, 1.82) is 0 Å². The highest BCUT2D eigenvalue weighted by Gasteiger charge is 2.34. The van der Waals surface area contributed by atoms with E-state index in [4.69, 9.17) is 63.4 Å². The van der Waals surface area contributed by atoms with Gasteiger partial charge in [-0.1, -0.05) is 64.1 Å². The maximum Gasteiger partial charge on any atom is 0.230 e. The van der Waals surface area contributed by atoms with Gasteiger partial charge < -0.3 is 15.4 Å². The van der Waals surface area contributed by atoms with Gasteiger partial charge in [-0.15, -0.1) is 0 Å². The first-order valence-electron chi connectivity index (χ1n) is 7.77. The lowest BCUT2D eigenvalue weighted by atomic mass is 10.1. The van der Waals surface area contributed by atoms with Crippen LogP contribution in [-0.4, -0.2) is 28.1 Å². The average Bonchev–Trinajstić information content (AvgIpc) is 2.60. The summed E-state index contributed by atoms with van der Waals surface area (Å²) in [6, 6.07) is 14.6. The van der Waals surface area contributed by atoms with Crippen LogP contribution in [0.3, 0.4) is 0 Å². The van der Waals surface area contributed by atoms with Crippen molar-refractivity contribution in [2.24, 2.45) is 4.99 Å². The van der Waals surface area contributed by atoms with E-state index in [1.807, 2.05) is 31.2 Å². The Morgan fingerprint density at radius 2 is 1.67 bits per heavy atom. The molecule has 27 heavy (non-hydrogen) atoms. The Hall–Kier alpha value is -1.24. The molecule has 1 atom stereocenters. The summed E-state index contributed by atoms with van der Waals surface area (Å²) >= 11 is 29.4. The number of aliphatic imine (C=N–C) groups is 1. The Kier molecular flexibility index (Phi) is 8.01. The molecule has 0 aliphatic rings. The van der Waals surface area contributed by atoms with Crippen molar-refractivity contribution in [3.05, 3.63) is 64.7 Å². The molecule has 0 heterocycles. The van der Waals surface area contributed by atoms with E-state index in [-0.39, 0.29) is 5.11 Å². The molecule has 4 nitrogen and oxygen atoms in total. The van der Waals surface area contributed by atoms with Crippen LogP contribution in [0.25, 0.3) is 0 Å². The minimum atomic E-state index is -1.76. The van der Waals surface area contributed by atoms with Gasteiger partial charge in [0.2, 0.25) is 9.69 Å². The van der Waals surface area contributed by atoms with Crippen molar-refractivity contribution in [3.63, 3.8) is 0 Å². The number of methoxy groups -OCH3 is 1. The van der Waals surface area contributed by atoms with E-state index in [0.717, 1.165) is 16.8 Å². The van der Waals surface area contributed by atoms with Gasteiger partial charge >= 0.3 is 0 Å². The van der Waals surface area contributed by atoms with Crippen LogP contribution in [-0.2, 0) is 4.74 Å². The van der Waals surface area contributed by atoms with Crippen LogP contribution in [0.1, 0.15) is 11.1 Å². The normalized spacial score (nSPS) is 13.0. The molecule has 0 aliphatic heterocycles. The lowest BCUT2D eigenvalue weighted by Crippen LogP contribution is -2.45. The highest BCUT2D eigenvalue weighted by atomic mass is 35.6. The van der Waals surface area contributed by atoms with Crippen LogP contribution in [0.5, 0.6) is 0 Å². The van der Waals surface area contributed by atoms with Crippen LogP contribution in [0.2, 0.25) is 5.02 Å². The molecule has 0 fully saturated rings. The van der Waals surface area contributed by atoms with E-state index in [1.165, 1.54) is 7.11 Å². The van der Waals surface area contributed by atoms with Gasteiger partial charge in [0.1, 0.15) is 0 Å². The van der Waals surface area contributed by atoms with Gasteiger partial charge in [0.25, 0.3) is 0 Å². The van der Waals surface area contributed by atoms with Crippen LogP contribution < -0.4 is 10.6 Å². The van der Waals surface area contributed by atoms with E-state index in [9.17, 15) is 0 Å². The Bertz CT molecular complexity index is 805. The van der Waals surface area contributed by atoms with E-state index in [1.54, 1.807) is 24.3 Å². The van der Waals surface area contributed by atoms with Crippen molar-refractivity contribution in [3.8, 4) is 0 Å². The van der Waals surface area contributed by atoms with E-state index in [0.29, 0.717) is 10.9 Å². The molecule has 2 rings (SSSR count). The maximum absolute atomic E-state index is 6.08. The van der Waals surface area contributed by atoms with Crippen molar-refractivity contribution >= 4 is 75.3 Å². The number of ether oxygens (including phenoxy) is 1. The van der Waals surface area contributed by atoms with E-state index in [2.05, 4.69) is 15.6 Å². The van der Waals surface area contributed by atoms with Gasteiger partial charge in [0.15, 0.2) is 11.3 Å². The van der Waals surface area contributed by atoms with Crippen molar-refractivity contribution in [2.45, 2.75) is 16.9 Å². The molecule has 9 heteroatoms. The SMILES string of the molecule is COC(=N[C@@H](NC(=S)Nc1ccc(Cl)cc1)C(Cl)(Cl)Cl)c1ccc(C)cc1. The molecule has 0 bridgehead atoms. The first-order valence-corrected chi connectivity index (χ1v) is 9.69. The third kappa shape index (κ3) is 7.01. The molecule has 0 saturated carbocycles. The predicted octanol–water partition coefficient (Wildman–Crippen LogP) is 5.72. The molecule has 0 aliphatic carbocycles. The number of hydrogen-bond donors (Lipinski definition) is 2. The Balaban J connectivity index is 2.19. The molecule has 0 aromatic heterocycles. The van der Waals surface area contributed by atoms with Crippen molar-refractivity contribution < 1.29 is 4.74 Å². The smallest absolute Gasteiger partial charge is 0.230 e. The van der Waals surface area contributed by atoms with Crippen molar-refractivity contribution in [1.82, 2.24) is 5.32 Å². The van der Waals surface area contributed by atoms with Gasteiger partial charge in [-0.2, -0.15) is 0 Å². The number of aryl methyl sites for hydroxylation is 1. The number of rotatable bonds is 4. The van der Waals surface area contributed by atoms with Crippen LogP contribution >= 0.6 is 58.6 Å². The summed E-state index contributed by atoms with van der Waals surface area (Å²) in [6.07, 6.45) is -0.981. The predicted molar refractivity (Wildman–Crippen MR) is 120 cm³/mol. The topological polar surface area (TPSA) is 45.6 Å². The molecule has 2 aromatic carbocycles. The summed E-state index contributed by atoms with van der Waals surface area (Å²) in [7, 11) is 1.50. The number of alkyl halides is 3. The van der Waals surface area contributed by atoms with Crippen LogP contribution in [0, 0.1) is 6.92 Å². The Morgan fingerprint density at radius 1 is 1.07 bits per heavy atom. The number of nitrogens with zero attached hydrogens (tertiary/aromatic N) is 1. The fourth-order valence-corrected chi connectivity index (χ4v) is 2.74. The van der Waals surface area contributed by atoms with Crippen LogP contribution in [0.15, 0.2) is 53.5 Å². The van der Waals surface area contributed by atoms with Crippen molar-refractivity contribution in [2.75, 3.05) is 12.4 Å². The Labute approximate surface area is 183 Å². The van der Waals surface area contributed by atoms with Gasteiger partial charge in [-0.05, 0) is 55.5 Å². The molecule has 0 unspecified atom stereocenters. The fourth-order valence-electron chi connectivity index (χ4n) is 2.07. The third-order valence-corrected chi connectivity index (χ3v) is 4.51. The standard InChI is InChI=1S/C18H17Cl4N3OS/c1-11-3-5-12(6-4-11)15(26-2)24-16(18(20,21)22)25-17(27)23-14-9-7-13(19)8-10-14/h3-10,16H,1-2H3,(H2,23,25,27)/t16-/m0/s1. The zero-order chi connectivity index (χ0) is 20.0. The first kappa shape index (κ1) is 22.1. The molecule has 144 valence electrons. The summed E-state index contributed by atoms with van der Waals surface area (Å²) in [5.41, 5.74) is 2.59. The van der Waals surface area contributed by atoms with Crippen LogP contribution in [0.4, 0.5) is 5.69 Å². The summed E-state index contributed by atoms with van der Waals surface area (Å²) < 4.78 is 3.61. The molecular weight excluding hydrogens is 448 g/mol. The lowest BCUT2D eigenvalue weighted by molar-refractivity contribution is 0.397. The second kappa shape index (κ2) is 9.80. The van der Waals surface area contributed by atoms with Gasteiger partial charge in [-0.3, -0.25) is 0 Å². The van der Waals surface area contributed by atoms with Gasteiger partial charge in [0, 0.05) is 16.3 Å². The zero-order valence-corrected chi connectivity index (χ0v) is 18.3. The quantitative estimate of drug-likeness (QED) is 0.262. The largest absolute Gasteiger partial charge is 0.481 e. The highest BCUT2D eigenvalue weighted by Crippen LogP contribution is 2.31. The molecule has 2 N–H and O–H groups in total. The number of hydrogen-bond acceptors (Lipinski definition) is 3. The Morgan fingerprint density at radius 3 is 2.19 bits per heavy atom. The second-order valence-electron chi connectivity index (χ2n) is 5.55. The molecular formula is C18H17Cl4N3OS. The third-order valence-electron chi connectivity index (χ3n) is 3.42. The highest BCUT2D eigenvalue weighted by molar-refractivity contribution is 7.80. The van der Waals surface area contributed by atoms with E-state index >= 15 is 0 Å². The summed E-state index contributed by atoms with van der Waals surface area (Å²) in [6.45, 7) is 1.99. The molecule has 0 saturated heterocycles. The number of halogens is 4. The van der Waals surface area contributed by atoms with Gasteiger partial charge in [0.05, 0.1) is 7.11 Å². The second-order valence-corrected chi connectivity index (χ2v) is 8.77. The zero-order valence-electron chi connectivity index (χ0n) is 14.5. The molecule has 0 amide bonds. The summed E-state index contributed by atoms with van der Waals surface area (Å²) in [4.78, 5) is 4.40. The minimum Gasteiger partial charge on any atom is -0.481 e. The van der Waals surface area contributed by atoms with Gasteiger partial charge in [-0.25, -0.2) is 4.99 Å². The molecule has 0 radical (unpaired) electrons. The summed E-state index contributed by atoms with van der Waals surface area (Å²) in [5.74, 6) is 0.313. The molecule has 0 spiro atoms. The monoisotopic (exact) mass is 463 g/mol.